The van der Waals surface area contributed by atoms with E-state index in [0.717, 1.165) is 24.1 Å². The van der Waals surface area contributed by atoms with E-state index in [1.807, 2.05) is 31.2 Å². The normalized spacial score (nSPS) is 18.6. The number of hydrogen-bond acceptors (Lipinski definition) is 4. The average molecular weight is 406 g/mol. The van der Waals surface area contributed by atoms with E-state index in [1.165, 1.54) is 24.3 Å². The number of ketones is 1. The molecule has 2 aromatic carbocycles. The minimum atomic E-state index is -0.472. The zero-order valence-electron chi connectivity index (χ0n) is 16.9. The molecule has 154 valence electrons. The molecule has 5 nitrogen and oxygen atoms in total. The van der Waals surface area contributed by atoms with Crippen molar-refractivity contribution in [2.45, 2.75) is 32.1 Å². The first-order valence-electron chi connectivity index (χ1n) is 9.93. The summed E-state index contributed by atoms with van der Waals surface area (Å²) < 4.78 is 18.5. The van der Waals surface area contributed by atoms with Gasteiger partial charge in [0.25, 0.3) is 5.91 Å². The highest BCUT2D eigenvalue weighted by molar-refractivity contribution is 6.09. The molecular weight excluding hydrogens is 383 g/mol. The molecule has 1 atom stereocenters. The zero-order chi connectivity index (χ0) is 21.3. The predicted molar refractivity (Wildman–Crippen MR) is 112 cm³/mol. The van der Waals surface area contributed by atoms with Crippen molar-refractivity contribution in [2.75, 3.05) is 12.4 Å². The van der Waals surface area contributed by atoms with Crippen LogP contribution in [0.4, 0.5) is 10.1 Å². The number of methoxy groups -OCH3 is 1. The molecule has 0 unspecified atom stereocenters. The number of rotatable bonds is 4. The van der Waals surface area contributed by atoms with Crippen molar-refractivity contribution in [1.29, 1.82) is 0 Å². The largest absolute Gasteiger partial charge is 0.497 e. The molecule has 2 aromatic rings. The number of nitrogens with one attached hydrogen (secondary N) is 2. The van der Waals surface area contributed by atoms with Gasteiger partial charge in [-0.05, 0) is 61.7 Å². The van der Waals surface area contributed by atoms with Gasteiger partial charge < -0.3 is 15.4 Å². The van der Waals surface area contributed by atoms with Crippen molar-refractivity contribution >= 4 is 17.4 Å². The van der Waals surface area contributed by atoms with E-state index < -0.39 is 5.92 Å². The third-order valence-electron chi connectivity index (χ3n) is 5.57. The highest BCUT2D eigenvalue weighted by atomic mass is 19.1. The van der Waals surface area contributed by atoms with Crippen molar-refractivity contribution in [3.05, 3.63) is 82.5 Å². The lowest BCUT2D eigenvalue weighted by Gasteiger charge is -2.34. The van der Waals surface area contributed by atoms with Crippen molar-refractivity contribution in [3.8, 4) is 5.75 Å². The maximum absolute atomic E-state index is 13.3. The fraction of sp³-hybridized carbons (Fsp3) is 0.250. The van der Waals surface area contributed by atoms with E-state index in [2.05, 4.69) is 10.6 Å². The minimum absolute atomic E-state index is 0.0594. The summed E-state index contributed by atoms with van der Waals surface area (Å²) in [5.41, 5.74) is 4.08. The summed E-state index contributed by atoms with van der Waals surface area (Å²) in [5.74, 6) is -0.404. The Balaban J connectivity index is 1.76. The highest BCUT2D eigenvalue weighted by Crippen LogP contribution is 2.42. The van der Waals surface area contributed by atoms with Crippen molar-refractivity contribution in [1.82, 2.24) is 5.32 Å². The van der Waals surface area contributed by atoms with Gasteiger partial charge in [-0.1, -0.05) is 12.1 Å². The minimum Gasteiger partial charge on any atom is -0.497 e. The number of benzene rings is 2. The standard InChI is InChI=1S/C24H23FN2O3/c1-14-21(24(29)27-17-10-8-16(25)9-11-17)22(15-6-12-18(30-2)13-7-15)23-19(26-14)4-3-5-20(23)28/h6-13,22,26H,3-5H2,1-2H3,(H,27,29)/t22-/m1/s1. The number of allylic oxidation sites excluding steroid dienone is 3. The van der Waals surface area contributed by atoms with Gasteiger partial charge in [0.15, 0.2) is 5.78 Å². The average Bonchev–Trinajstić information content (AvgIpc) is 2.74. The van der Waals surface area contributed by atoms with Gasteiger partial charge in [0.05, 0.1) is 7.11 Å². The van der Waals surface area contributed by atoms with Gasteiger partial charge in [-0.2, -0.15) is 0 Å². The van der Waals surface area contributed by atoms with Gasteiger partial charge in [0, 0.05) is 40.6 Å². The Morgan fingerprint density at radius 2 is 1.80 bits per heavy atom. The van der Waals surface area contributed by atoms with Crippen LogP contribution in [0.15, 0.2) is 71.1 Å². The number of Topliss-reactive ketones (excluding diaryl/α,β-unsaturated/α-hetero) is 1. The molecule has 30 heavy (non-hydrogen) atoms. The summed E-state index contributed by atoms with van der Waals surface area (Å²) in [4.78, 5) is 26.2. The molecule has 2 N–H and O–H groups in total. The molecule has 1 aliphatic carbocycles. The monoisotopic (exact) mass is 406 g/mol. The van der Waals surface area contributed by atoms with Crippen LogP contribution in [0.1, 0.15) is 37.7 Å². The molecule has 0 saturated carbocycles. The molecule has 0 spiro atoms. The fourth-order valence-corrected chi connectivity index (χ4v) is 4.15. The third-order valence-corrected chi connectivity index (χ3v) is 5.57. The maximum Gasteiger partial charge on any atom is 0.254 e. The van der Waals surface area contributed by atoms with Crippen molar-refractivity contribution in [2.24, 2.45) is 0 Å². The first-order chi connectivity index (χ1) is 14.5. The Hall–Kier alpha value is -3.41. The van der Waals surface area contributed by atoms with Crippen molar-refractivity contribution in [3.63, 3.8) is 0 Å². The highest BCUT2D eigenvalue weighted by Gasteiger charge is 2.38. The summed E-state index contributed by atoms with van der Waals surface area (Å²) in [6.45, 7) is 1.85. The van der Waals surface area contributed by atoms with E-state index in [9.17, 15) is 14.0 Å². The van der Waals surface area contributed by atoms with E-state index in [-0.39, 0.29) is 17.5 Å². The molecule has 0 bridgehead atoms. The Bertz CT molecular complexity index is 1050. The molecule has 2 aliphatic rings. The number of ether oxygens (including phenoxy) is 1. The first kappa shape index (κ1) is 19.9. The molecule has 0 saturated heterocycles. The Kier molecular flexibility index (Phi) is 5.40. The van der Waals surface area contributed by atoms with E-state index in [4.69, 9.17) is 4.74 Å². The first-order valence-corrected chi connectivity index (χ1v) is 9.93. The SMILES string of the molecule is COc1ccc([C@@H]2C(C(=O)Nc3ccc(F)cc3)=C(C)NC3=C2C(=O)CCC3)cc1. The fourth-order valence-electron chi connectivity index (χ4n) is 4.15. The number of halogens is 1. The lowest BCUT2D eigenvalue weighted by molar-refractivity contribution is -0.116. The van der Waals surface area contributed by atoms with Crippen LogP contribution in [0, 0.1) is 5.82 Å². The quantitative estimate of drug-likeness (QED) is 0.788. The summed E-state index contributed by atoms with van der Waals surface area (Å²) in [5, 5.41) is 6.13. The summed E-state index contributed by atoms with van der Waals surface area (Å²) >= 11 is 0. The van der Waals surface area contributed by atoms with Crippen LogP contribution < -0.4 is 15.4 Å². The van der Waals surface area contributed by atoms with E-state index in [0.29, 0.717) is 34.7 Å². The Morgan fingerprint density at radius 3 is 2.47 bits per heavy atom. The molecule has 0 radical (unpaired) electrons. The Morgan fingerprint density at radius 1 is 1.10 bits per heavy atom. The molecule has 0 fully saturated rings. The number of amides is 1. The number of carbonyl (C=O) groups excluding carboxylic acids is 2. The molecule has 0 aromatic heterocycles. The number of anilines is 1. The summed E-state index contributed by atoms with van der Waals surface area (Å²) in [7, 11) is 1.59. The topological polar surface area (TPSA) is 67.4 Å². The molecule has 1 heterocycles. The molecule has 1 aliphatic heterocycles. The number of dihydropyridines is 1. The van der Waals surface area contributed by atoms with Crippen LogP contribution in [0.3, 0.4) is 0 Å². The second-order valence-corrected chi connectivity index (χ2v) is 7.50. The van der Waals surface area contributed by atoms with Gasteiger partial charge in [-0.3, -0.25) is 9.59 Å². The summed E-state index contributed by atoms with van der Waals surface area (Å²) in [6, 6.07) is 13.0. The molecule has 6 heteroatoms. The van der Waals surface area contributed by atoms with Gasteiger partial charge in [0.2, 0.25) is 0 Å². The number of hydrogen-bond donors (Lipinski definition) is 2. The lowest BCUT2D eigenvalue weighted by atomic mass is 9.75. The second kappa shape index (κ2) is 8.14. The zero-order valence-corrected chi connectivity index (χ0v) is 16.9. The molecular formula is C24H23FN2O3. The van der Waals surface area contributed by atoms with Crippen LogP contribution >= 0.6 is 0 Å². The van der Waals surface area contributed by atoms with Crippen molar-refractivity contribution < 1.29 is 18.7 Å². The number of carbonyl (C=O) groups is 2. The third kappa shape index (κ3) is 3.73. The van der Waals surface area contributed by atoms with Gasteiger partial charge in [0.1, 0.15) is 11.6 Å². The smallest absolute Gasteiger partial charge is 0.254 e. The van der Waals surface area contributed by atoms with Crippen LogP contribution in [0.5, 0.6) is 5.75 Å². The van der Waals surface area contributed by atoms with E-state index in [1.54, 1.807) is 7.11 Å². The predicted octanol–water partition coefficient (Wildman–Crippen LogP) is 4.44. The van der Waals surface area contributed by atoms with Crippen LogP contribution in [0.2, 0.25) is 0 Å². The maximum atomic E-state index is 13.3. The summed E-state index contributed by atoms with van der Waals surface area (Å²) in [6.07, 6.45) is 2.04. The molecule has 1 amide bonds. The van der Waals surface area contributed by atoms with Crippen LogP contribution in [-0.4, -0.2) is 18.8 Å². The molecule has 4 rings (SSSR count). The lowest BCUT2D eigenvalue weighted by Crippen LogP contribution is -2.35. The van der Waals surface area contributed by atoms with E-state index >= 15 is 0 Å². The Labute approximate surface area is 174 Å². The van der Waals surface area contributed by atoms with Crippen LogP contribution in [-0.2, 0) is 9.59 Å². The second-order valence-electron chi connectivity index (χ2n) is 7.50. The van der Waals surface area contributed by atoms with Crippen LogP contribution in [0.25, 0.3) is 0 Å². The van der Waals surface area contributed by atoms with Gasteiger partial charge in [-0.25, -0.2) is 4.39 Å². The van der Waals surface area contributed by atoms with Gasteiger partial charge in [-0.15, -0.1) is 0 Å². The van der Waals surface area contributed by atoms with Gasteiger partial charge >= 0.3 is 0 Å².